The van der Waals surface area contributed by atoms with Crippen molar-refractivity contribution in [1.82, 2.24) is 14.8 Å². The monoisotopic (exact) mass is 625 g/mol. The SMILES string of the molecule is CC[C@H]1CC[C@H](N(Cc2cc(-c3ccnc(C(=O)N(C)C)c3)ccc2OC)C(=O)c2sc3c(F)ccc(F)c3c2Cl)CC1. The molecule has 2 amide bonds. The lowest BCUT2D eigenvalue weighted by molar-refractivity contribution is 0.0590. The summed E-state index contributed by atoms with van der Waals surface area (Å²) in [5.41, 5.74) is 2.71. The molecule has 0 bridgehead atoms. The van der Waals surface area contributed by atoms with Crippen molar-refractivity contribution >= 4 is 44.8 Å². The van der Waals surface area contributed by atoms with Gasteiger partial charge in [-0.3, -0.25) is 14.6 Å². The molecule has 0 spiro atoms. The zero-order chi connectivity index (χ0) is 30.8. The van der Waals surface area contributed by atoms with Crippen molar-refractivity contribution < 1.29 is 23.1 Å². The average molecular weight is 626 g/mol. The predicted molar refractivity (Wildman–Crippen MR) is 167 cm³/mol. The van der Waals surface area contributed by atoms with E-state index in [1.54, 1.807) is 38.4 Å². The van der Waals surface area contributed by atoms with Crippen molar-refractivity contribution in [3.63, 3.8) is 0 Å². The molecule has 43 heavy (non-hydrogen) atoms. The van der Waals surface area contributed by atoms with E-state index in [1.165, 1.54) is 4.90 Å². The highest BCUT2D eigenvalue weighted by Gasteiger charge is 2.33. The highest BCUT2D eigenvalue weighted by Crippen LogP contribution is 2.41. The molecule has 5 rings (SSSR count). The third kappa shape index (κ3) is 6.24. The molecule has 0 unspecified atom stereocenters. The molecule has 226 valence electrons. The van der Waals surface area contributed by atoms with Crippen molar-refractivity contribution in [3.8, 4) is 16.9 Å². The largest absolute Gasteiger partial charge is 0.496 e. The van der Waals surface area contributed by atoms with Gasteiger partial charge < -0.3 is 14.5 Å². The Morgan fingerprint density at radius 1 is 1.00 bits per heavy atom. The van der Waals surface area contributed by atoms with Gasteiger partial charge in [-0.05, 0) is 79.1 Å². The molecule has 0 radical (unpaired) electrons. The van der Waals surface area contributed by atoms with E-state index in [9.17, 15) is 18.4 Å². The van der Waals surface area contributed by atoms with Crippen LogP contribution in [0.15, 0.2) is 48.7 Å². The molecule has 0 atom stereocenters. The van der Waals surface area contributed by atoms with E-state index in [-0.39, 0.29) is 44.4 Å². The number of fused-ring (bicyclic) bond motifs is 1. The van der Waals surface area contributed by atoms with Gasteiger partial charge in [0.05, 0.1) is 22.2 Å². The Morgan fingerprint density at radius 3 is 2.35 bits per heavy atom. The number of thiophene rings is 1. The molecule has 1 saturated carbocycles. The molecule has 0 N–H and O–H groups in total. The third-order valence-electron chi connectivity index (χ3n) is 8.31. The van der Waals surface area contributed by atoms with E-state index >= 15 is 0 Å². The Kier molecular flexibility index (Phi) is 9.32. The average Bonchev–Trinajstić information content (AvgIpc) is 3.39. The van der Waals surface area contributed by atoms with Gasteiger partial charge in [0.25, 0.3) is 11.8 Å². The second-order valence-electron chi connectivity index (χ2n) is 11.2. The maximum atomic E-state index is 14.7. The molecular weight excluding hydrogens is 592 g/mol. The number of methoxy groups -OCH3 is 1. The molecule has 2 aromatic carbocycles. The van der Waals surface area contributed by atoms with Gasteiger partial charge in [-0.2, -0.15) is 0 Å². The Hall–Kier alpha value is -3.56. The van der Waals surface area contributed by atoms with Crippen LogP contribution in [0.1, 0.15) is 64.8 Å². The summed E-state index contributed by atoms with van der Waals surface area (Å²) in [5, 5.41) is -0.130. The van der Waals surface area contributed by atoms with Gasteiger partial charge >= 0.3 is 0 Å². The Morgan fingerprint density at radius 2 is 1.70 bits per heavy atom. The summed E-state index contributed by atoms with van der Waals surface area (Å²) >= 11 is 7.47. The van der Waals surface area contributed by atoms with Gasteiger partial charge in [0.1, 0.15) is 28.0 Å². The second-order valence-corrected chi connectivity index (χ2v) is 12.5. The quantitative estimate of drug-likeness (QED) is 0.198. The summed E-state index contributed by atoms with van der Waals surface area (Å²) in [5.74, 6) is -0.639. The lowest BCUT2D eigenvalue weighted by Gasteiger charge is -2.37. The number of ether oxygens (including phenoxy) is 1. The Bertz CT molecular complexity index is 1670. The summed E-state index contributed by atoms with van der Waals surface area (Å²) in [7, 11) is 4.92. The molecular formula is C33H34ClF2N3O3S. The van der Waals surface area contributed by atoms with Crippen LogP contribution >= 0.6 is 22.9 Å². The molecule has 0 aliphatic heterocycles. The molecule has 2 heterocycles. The van der Waals surface area contributed by atoms with Crippen LogP contribution in [-0.2, 0) is 6.54 Å². The van der Waals surface area contributed by atoms with Gasteiger partial charge in [-0.1, -0.05) is 31.0 Å². The van der Waals surface area contributed by atoms with Crippen LogP contribution in [0.25, 0.3) is 21.2 Å². The van der Waals surface area contributed by atoms with Crippen molar-refractivity contribution in [2.75, 3.05) is 21.2 Å². The van der Waals surface area contributed by atoms with Crippen molar-refractivity contribution in [1.29, 1.82) is 0 Å². The number of rotatable bonds is 8. The third-order valence-corrected chi connectivity index (χ3v) is 9.99. The van der Waals surface area contributed by atoms with Crippen LogP contribution in [0, 0.1) is 17.6 Å². The molecule has 0 saturated heterocycles. The van der Waals surface area contributed by atoms with E-state index < -0.39 is 11.6 Å². The summed E-state index contributed by atoms with van der Waals surface area (Å²) < 4.78 is 35.1. The van der Waals surface area contributed by atoms with E-state index in [4.69, 9.17) is 16.3 Å². The van der Waals surface area contributed by atoms with Crippen LogP contribution in [0.5, 0.6) is 5.75 Å². The van der Waals surface area contributed by atoms with Gasteiger partial charge in [0.2, 0.25) is 0 Å². The smallest absolute Gasteiger partial charge is 0.271 e. The zero-order valence-corrected chi connectivity index (χ0v) is 26.2. The number of carbonyl (C=O) groups excluding carboxylic acids is 2. The predicted octanol–water partition coefficient (Wildman–Crippen LogP) is 8.22. The minimum absolute atomic E-state index is 0.0309. The number of nitrogens with zero attached hydrogens (tertiary/aromatic N) is 3. The summed E-state index contributed by atoms with van der Waals surface area (Å²) in [6, 6.07) is 11.3. The Balaban J connectivity index is 1.55. The zero-order valence-electron chi connectivity index (χ0n) is 24.6. The minimum atomic E-state index is -0.662. The van der Waals surface area contributed by atoms with E-state index in [1.807, 2.05) is 24.3 Å². The van der Waals surface area contributed by atoms with Crippen LogP contribution in [0.2, 0.25) is 5.02 Å². The fraction of sp³-hybridized carbons (Fsp3) is 0.364. The molecule has 10 heteroatoms. The number of hydrogen-bond acceptors (Lipinski definition) is 5. The first-order chi connectivity index (χ1) is 20.6. The molecule has 6 nitrogen and oxygen atoms in total. The number of carbonyl (C=O) groups is 2. The lowest BCUT2D eigenvalue weighted by atomic mass is 9.83. The summed E-state index contributed by atoms with van der Waals surface area (Å²) in [6.07, 6.45) is 6.30. The highest BCUT2D eigenvalue weighted by molar-refractivity contribution is 7.21. The van der Waals surface area contributed by atoms with Crippen LogP contribution < -0.4 is 4.74 Å². The first-order valence-corrected chi connectivity index (χ1v) is 15.5. The molecule has 1 aliphatic carbocycles. The number of aromatic nitrogens is 1. The topological polar surface area (TPSA) is 62.7 Å². The van der Waals surface area contributed by atoms with Crippen LogP contribution in [0.3, 0.4) is 0 Å². The fourth-order valence-electron chi connectivity index (χ4n) is 5.82. The van der Waals surface area contributed by atoms with Gasteiger partial charge in [0.15, 0.2) is 0 Å². The minimum Gasteiger partial charge on any atom is -0.496 e. The maximum Gasteiger partial charge on any atom is 0.271 e. The van der Waals surface area contributed by atoms with E-state index in [2.05, 4.69) is 11.9 Å². The van der Waals surface area contributed by atoms with Crippen molar-refractivity contribution in [2.45, 2.75) is 51.6 Å². The van der Waals surface area contributed by atoms with Crippen LogP contribution in [0.4, 0.5) is 8.78 Å². The summed E-state index contributed by atoms with van der Waals surface area (Å²) in [6.45, 7) is 2.39. The lowest BCUT2D eigenvalue weighted by Crippen LogP contribution is -2.41. The van der Waals surface area contributed by atoms with Crippen LogP contribution in [-0.4, -0.2) is 53.8 Å². The van der Waals surface area contributed by atoms with Gasteiger partial charge in [-0.25, -0.2) is 8.78 Å². The number of benzene rings is 2. The van der Waals surface area contributed by atoms with E-state index in [0.29, 0.717) is 17.4 Å². The number of halogens is 3. The highest BCUT2D eigenvalue weighted by atomic mass is 35.5. The number of amides is 2. The fourth-order valence-corrected chi connectivity index (χ4v) is 7.32. The standard InChI is InChI=1S/C33H34ClF2N3O3S/c1-5-19-6-9-23(10-7-19)39(33(41)31-29(34)28-24(35)11-12-25(36)30(28)43-31)18-22-16-20(8-13-27(22)42-4)21-14-15-37-26(17-21)32(40)38(2)3/h8,11-17,19,23H,5-7,9-10,18H2,1-4H3/t19-,23-. The van der Waals surface area contributed by atoms with Crippen molar-refractivity contribution in [2.24, 2.45) is 5.92 Å². The first kappa shape index (κ1) is 30.9. The molecule has 2 aromatic heterocycles. The van der Waals surface area contributed by atoms with Gasteiger partial charge in [0, 0.05) is 38.4 Å². The van der Waals surface area contributed by atoms with Gasteiger partial charge in [-0.15, -0.1) is 11.3 Å². The number of pyridine rings is 1. The maximum absolute atomic E-state index is 14.7. The normalized spacial score (nSPS) is 16.7. The van der Waals surface area contributed by atoms with E-state index in [0.717, 1.165) is 72.3 Å². The number of hydrogen-bond donors (Lipinski definition) is 0. The molecule has 1 aliphatic rings. The summed E-state index contributed by atoms with van der Waals surface area (Å²) in [4.78, 5) is 34.4. The van der Waals surface area contributed by atoms with Crippen molar-refractivity contribution in [3.05, 3.63) is 81.5 Å². The molecule has 1 fully saturated rings. The Labute approximate surface area is 259 Å². The second kappa shape index (κ2) is 13.0. The molecule has 4 aromatic rings. The first-order valence-electron chi connectivity index (χ1n) is 14.3.